The summed E-state index contributed by atoms with van der Waals surface area (Å²) >= 11 is 0. The fourth-order valence-corrected chi connectivity index (χ4v) is 2.58. The number of anilines is 2. The maximum atomic E-state index is 5.17. The molecule has 106 valence electrons. The third kappa shape index (κ3) is 3.24. The van der Waals surface area contributed by atoms with E-state index >= 15 is 0 Å². The largest absolute Gasteiger partial charge is 0.467 e. The molecule has 1 aromatic heterocycles. The maximum Gasteiger partial charge on any atom is 0.322 e. The molecule has 0 amide bonds. The van der Waals surface area contributed by atoms with Gasteiger partial charge in [-0.05, 0) is 26.7 Å². The summed E-state index contributed by atoms with van der Waals surface area (Å²) in [6.45, 7) is 5.84. The van der Waals surface area contributed by atoms with Gasteiger partial charge in [0.1, 0.15) is 0 Å². The molecule has 0 aromatic carbocycles. The van der Waals surface area contributed by atoms with Crippen LogP contribution in [-0.4, -0.2) is 41.2 Å². The van der Waals surface area contributed by atoms with Gasteiger partial charge in [-0.3, -0.25) is 0 Å². The number of nitrogens with zero attached hydrogens (tertiary/aromatic N) is 4. The Kier molecular flexibility index (Phi) is 4.76. The summed E-state index contributed by atoms with van der Waals surface area (Å²) in [4.78, 5) is 15.4. The first-order valence-corrected chi connectivity index (χ1v) is 7.09. The molecule has 19 heavy (non-hydrogen) atoms. The first-order valence-electron chi connectivity index (χ1n) is 7.09. The van der Waals surface area contributed by atoms with E-state index in [1.165, 1.54) is 25.7 Å². The van der Waals surface area contributed by atoms with Crippen LogP contribution in [0.2, 0.25) is 0 Å². The van der Waals surface area contributed by atoms with Crippen LogP contribution in [0.3, 0.4) is 0 Å². The van der Waals surface area contributed by atoms with E-state index in [2.05, 4.69) is 32.1 Å². The van der Waals surface area contributed by atoms with E-state index in [-0.39, 0.29) is 0 Å². The molecule has 2 rings (SSSR count). The molecule has 1 saturated carbocycles. The molecule has 0 unspecified atom stereocenters. The van der Waals surface area contributed by atoms with Gasteiger partial charge in [0.05, 0.1) is 7.11 Å². The van der Waals surface area contributed by atoms with Gasteiger partial charge >= 0.3 is 6.01 Å². The summed E-state index contributed by atoms with van der Waals surface area (Å²) < 4.78 is 5.17. The van der Waals surface area contributed by atoms with E-state index in [0.29, 0.717) is 18.0 Å². The maximum absolute atomic E-state index is 5.17. The summed E-state index contributed by atoms with van der Waals surface area (Å²) in [5.41, 5.74) is 0. The standard InChI is InChI=1S/C13H23N5O/c1-4-14-11-15-12(17-13(16-11)19-3)18(5-2)10-8-6-7-9-10/h10H,4-9H2,1-3H3,(H,14,15,16,17). The van der Waals surface area contributed by atoms with Gasteiger partial charge in [0, 0.05) is 19.1 Å². The number of aromatic nitrogens is 3. The minimum Gasteiger partial charge on any atom is -0.467 e. The van der Waals surface area contributed by atoms with E-state index in [4.69, 9.17) is 4.74 Å². The second-order valence-electron chi connectivity index (χ2n) is 4.70. The number of rotatable bonds is 6. The summed E-state index contributed by atoms with van der Waals surface area (Å²) in [5.74, 6) is 1.30. The van der Waals surface area contributed by atoms with Crippen LogP contribution in [0.5, 0.6) is 6.01 Å². The molecule has 0 spiro atoms. The summed E-state index contributed by atoms with van der Waals surface area (Å²) in [6, 6.07) is 0.920. The molecule has 1 fully saturated rings. The van der Waals surface area contributed by atoms with Crippen LogP contribution < -0.4 is 15.0 Å². The van der Waals surface area contributed by atoms with Gasteiger partial charge in [-0.2, -0.15) is 15.0 Å². The molecule has 0 saturated heterocycles. The number of methoxy groups -OCH3 is 1. The molecule has 1 aliphatic carbocycles. The average molecular weight is 265 g/mol. The summed E-state index contributed by atoms with van der Waals surface area (Å²) in [7, 11) is 1.58. The van der Waals surface area contributed by atoms with Crippen molar-refractivity contribution < 1.29 is 4.74 Å². The van der Waals surface area contributed by atoms with Gasteiger partial charge in [-0.25, -0.2) is 0 Å². The van der Waals surface area contributed by atoms with E-state index in [1.807, 2.05) is 6.92 Å². The molecule has 0 bridgehead atoms. The van der Waals surface area contributed by atoms with E-state index in [1.54, 1.807) is 7.11 Å². The minimum absolute atomic E-state index is 0.373. The van der Waals surface area contributed by atoms with Crippen molar-refractivity contribution in [1.29, 1.82) is 0 Å². The first-order chi connectivity index (χ1) is 9.28. The Bertz CT molecular complexity index is 406. The van der Waals surface area contributed by atoms with Crippen molar-refractivity contribution in [3.8, 4) is 6.01 Å². The second kappa shape index (κ2) is 6.54. The van der Waals surface area contributed by atoms with Crippen molar-refractivity contribution in [3.05, 3.63) is 0 Å². The molecule has 6 heteroatoms. The van der Waals surface area contributed by atoms with Gasteiger partial charge < -0.3 is 15.0 Å². The monoisotopic (exact) mass is 265 g/mol. The lowest BCUT2D eigenvalue weighted by molar-refractivity contribution is 0.378. The van der Waals surface area contributed by atoms with Crippen molar-refractivity contribution >= 4 is 11.9 Å². The van der Waals surface area contributed by atoms with Crippen LogP contribution in [0.4, 0.5) is 11.9 Å². The fraction of sp³-hybridized carbons (Fsp3) is 0.769. The Morgan fingerprint density at radius 2 is 1.95 bits per heavy atom. The highest BCUT2D eigenvalue weighted by atomic mass is 16.5. The second-order valence-corrected chi connectivity index (χ2v) is 4.70. The van der Waals surface area contributed by atoms with Crippen molar-refractivity contribution in [2.45, 2.75) is 45.6 Å². The van der Waals surface area contributed by atoms with Crippen molar-refractivity contribution in [1.82, 2.24) is 15.0 Å². The van der Waals surface area contributed by atoms with Gasteiger partial charge in [0.15, 0.2) is 0 Å². The average Bonchev–Trinajstić information content (AvgIpc) is 2.93. The fourth-order valence-electron chi connectivity index (χ4n) is 2.58. The molecule has 0 radical (unpaired) electrons. The van der Waals surface area contributed by atoms with E-state index in [9.17, 15) is 0 Å². The van der Waals surface area contributed by atoms with Crippen molar-refractivity contribution in [3.63, 3.8) is 0 Å². The highest BCUT2D eigenvalue weighted by Crippen LogP contribution is 2.27. The quantitative estimate of drug-likeness (QED) is 0.849. The van der Waals surface area contributed by atoms with Crippen LogP contribution in [-0.2, 0) is 0 Å². The zero-order chi connectivity index (χ0) is 13.7. The Morgan fingerprint density at radius 1 is 1.21 bits per heavy atom. The van der Waals surface area contributed by atoms with Crippen molar-refractivity contribution in [2.75, 3.05) is 30.4 Å². The van der Waals surface area contributed by atoms with Gasteiger partial charge in [0.25, 0.3) is 0 Å². The number of ether oxygens (including phenoxy) is 1. The van der Waals surface area contributed by atoms with Crippen LogP contribution in [0.25, 0.3) is 0 Å². The summed E-state index contributed by atoms with van der Waals surface area (Å²) in [5, 5.41) is 3.12. The zero-order valence-electron chi connectivity index (χ0n) is 12.0. The first kappa shape index (κ1) is 13.8. The molecule has 1 N–H and O–H groups in total. The molecule has 1 aromatic rings. The van der Waals surface area contributed by atoms with Gasteiger partial charge in [-0.1, -0.05) is 12.8 Å². The van der Waals surface area contributed by atoms with Crippen LogP contribution in [0, 0.1) is 0 Å². The highest BCUT2D eigenvalue weighted by Gasteiger charge is 2.24. The van der Waals surface area contributed by atoms with Gasteiger partial charge in [-0.15, -0.1) is 0 Å². The highest BCUT2D eigenvalue weighted by molar-refractivity contribution is 5.39. The molecule has 0 atom stereocenters. The summed E-state index contributed by atoms with van der Waals surface area (Å²) in [6.07, 6.45) is 5.03. The third-order valence-corrected chi connectivity index (χ3v) is 3.48. The molecule has 0 aliphatic heterocycles. The predicted octanol–water partition coefficient (Wildman–Crippen LogP) is 2.08. The SMILES string of the molecule is CCNc1nc(OC)nc(N(CC)C2CCCC2)n1. The Labute approximate surface area is 114 Å². The zero-order valence-corrected chi connectivity index (χ0v) is 12.0. The molecule has 1 heterocycles. The Balaban J connectivity index is 2.26. The van der Waals surface area contributed by atoms with E-state index < -0.39 is 0 Å². The van der Waals surface area contributed by atoms with Crippen molar-refractivity contribution in [2.24, 2.45) is 0 Å². The molecular weight excluding hydrogens is 242 g/mol. The lowest BCUT2D eigenvalue weighted by atomic mass is 10.2. The molecule has 1 aliphatic rings. The lowest BCUT2D eigenvalue weighted by Crippen LogP contribution is -2.34. The van der Waals surface area contributed by atoms with Crippen LogP contribution >= 0.6 is 0 Å². The molecule has 6 nitrogen and oxygen atoms in total. The third-order valence-electron chi connectivity index (χ3n) is 3.48. The lowest BCUT2D eigenvalue weighted by Gasteiger charge is -2.27. The Morgan fingerprint density at radius 3 is 2.53 bits per heavy atom. The predicted molar refractivity (Wildman–Crippen MR) is 75.8 cm³/mol. The number of nitrogens with one attached hydrogen (secondary N) is 1. The Hall–Kier alpha value is -1.59. The number of hydrogen-bond acceptors (Lipinski definition) is 6. The number of hydrogen-bond donors (Lipinski definition) is 1. The molecular formula is C13H23N5O. The van der Waals surface area contributed by atoms with E-state index in [0.717, 1.165) is 19.0 Å². The van der Waals surface area contributed by atoms with Crippen LogP contribution in [0.1, 0.15) is 39.5 Å². The van der Waals surface area contributed by atoms with Crippen LogP contribution in [0.15, 0.2) is 0 Å². The normalized spacial score (nSPS) is 15.5. The van der Waals surface area contributed by atoms with Gasteiger partial charge in [0.2, 0.25) is 11.9 Å². The minimum atomic E-state index is 0.373. The topological polar surface area (TPSA) is 63.2 Å². The smallest absolute Gasteiger partial charge is 0.322 e.